The monoisotopic (exact) mass is 267 g/mol. The molecule has 1 rings (SSSR count). The summed E-state index contributed by atoms with van der Waals surface area (Å²) in [6.07, 6.45) is 1.67. The molecule has 1 aliphatic rings. The predicted molar refractivity (Wildman–Crippen MR) is 65.7 cm³/mol. The molecule has 0 bridgehead atoms. The lowest BCUT2D eigenvalue weighted by Gasteiger charge is -2.26. The highest BCUT2D eigenvalue weighted by atomic mass is 35.5. The van der Waals surface area contributed by atoms with Gasteiger partial charge in [0, 0.05) is 6.54 Å². The van der Waals surface area contributed by atoms with Gasteiger partial charge in [0.25, 0.3) is 0 Å². The van der Waals surface area contributed by atoms with Gasteiger partial charge in [-0.05, 0) is 26.2 Å². The van der Waals surface area contributed by atoms with Crippen molar-refractivity contribution in [3.05, 3.63) is 0 Å². The number of rotatable bonds is 5. The number of aliphatic hydroxyl groups is 1. The van der Waals surface area contributed by atoms with Crippen LogP contribution < -0.4 is 5.32 Å². The van der Waals surface area contributed by atoms with Gasteiger partial charge in [-0.1, -0.05) is 13.8 Å². The second-order valence-corrected chi connectivity index (χ2v) is 6.31. The van der Waals surface area contributed by atoms with Crippen molar-refractivity contribution >= 4 is 29.1 Å². The summed E-state index contributed by atoms with van der Waals surface area (Å²) in [6.45, 7) is 5.77. The smallest absolute Gasteiger partial charge is 0.229 e. The van der Waals surface area contributed by atoms with Crippen molar-refractivity contribution in [1.29, 1.82) is 0 Å². The zero-order chi connectivity index (χ0) is 12.6. The number of hydrogen-bond acceptors (Lipinski definition) is 2. The van der Waals surface area contributed by atoms with Gasteiger partial charge in [0.2, 0.25) is 5.91 Å². The van der Waals surface area contributed by atoms with Crippen molar-refractivity contribution in [3.8, 4) is 0 Å². The molecule has 1 atom stereocenters. The van der Waals surface area contributed by atoms with Gasteiger partial charge in [0.1, 0.15) is 4.33 Å². The van der Waals surface area contributed by atoms with E-state index in [4.69, 9.17) is 23.2 Å². The van der Waals surface area contributed by atoms with E-state index in [0.29, 0.717) is 19.3 Å². The maximum absolute atomic E-state index is 11.8. The van der Waals surface area contributed by atoms with Crippen LogP contribution >= 0.6 is 23.2 Å². The molecule has 1 unspecified atom stereocenters. The molecule has 2 N–H and O–H groups in total. The molecule has 0 saturated heterocycles. The lowest BCUT2D eigenvalue weighted by Crippen LogP contribution is -2.44. The van der Waals surface area contributed by atoms with Gasteiger partial charge in [-0.15, -0.1) is 23.2 Å². The van der Waals surface area contributed by atoms with Crippen molar-refractivity contribution in [2.75, 3.05) is 6.54 Å². The van der Waals surface area contributed by atoms with Gasteiger partial charge in [-0.3, -0.25) is 4.79 Å². The summed E-state index contributed by atoms with van der Waals surface area (Å²) in [7, 11) is 0. The van der Waals surface area contributed by atoms with Crippen LogP contribution in [0.3, 0.4) is 0 Å². The first-order valence-corrected chi connectivity index (χ1v) is 6.35. The van der Waals surface area contributed by atoms with E-state index in [2.05, 4.69) is 5.32 Å². The number of carbonyl (C=O) groups is 1. The molecule has 94 valence electrons. The first-order valence-electron chi connectivity index (χ1n) is 5.59. The Bertz CT molecular complexity index is 290. The average molecular weight is 268 g/mol. The topological polar surface area (TPSA) is 49.3 Å². The number of amides is 1. The summed E-state index contributed by atoms with van der Waals surface area (Å²) < 4.78 is -0.951. The number of alkyl halides is 2. The zero-order valence-corrected chi connectivity index (χ0v) is 11.5. The van der Waals surface area contributed by atoms with E-state index in [1.54, 1.807) is 6.92 Å². The van der Waals surface area contributed by atoms with Gasteiger partial charge >= 0.3 is 0 Å². The Labute approximate surface area is 106 Å². The quantitative estimate of drug-likeness (QED) is 0.751. The SMILES string of the molecule is CCC(O)(CC)CNC(=O)C1(C)CC1(Cl)Cl. The van der Waals surface area contributed by atoms with E-state index in [1.165, 1.54) is 0 Å². The van der Waals surface area contributed by atoms with Gasteiger partial charge in [0.15, 0.2) is 0 Å². The van der Waals surface area contributed by atoms with Crippen LogP contribution in [-0.4, -0.2) is 27.5 Å². The van der Waals surface area contributed by atoms with E-state index >= 15 is 0 Å². The molecule has 1 amide bonds. The molecule has 0 aromatic heterocycles. The second kappa shape index (κ2) is 4.35. The Hall–Kier alpha value is 0.01000. The van der Waals surface area contributed by atoms with Crippen molar-refractivity contribution in [2.24, 2.45) is 5.41 Å². The van der Waals surface area contributed by atoms with Crippen LogP contribution in [0.1, 0.15) is 40.0 Å². The third kappa shape index (κ3) is 2.47. The van der Waals surface area contributed by atoms with Crippen LogP contribution in [0.2, 0.25) is 0 Å². The minimum absolute atomic E-state index is 0.183. The molecule has 0 aromatic carbocycles. The molecule has 16 heavy (non-hydrogen) atoms. The highest BCUT2D eigenvalue weighted by molar-refractivity contribution is 6.53. The fraction of sp³-hybridized carbons (Fsp3) is 0.909. The molecule has 1 saturated carbocycles. The van der Waals surface area contributed by atoms with E-state index in [0.717, 1.165) is 0 Å². The number of halogens is 2. The first kappa shape index (κ1) is 14.1. The number of nitrogens with one attached hydrogen (secondary N) is 1. The maximum Gasteiger partial charge on any atom is 0.229 e. The Morgan fingerprint density at radius 2 is 1.88 bits per heavy atom. The average Bonchev–Trinajstić information content (AvgIpc) is 2.75. The summed E-state index contributed by atoms with van der Waals surface area (Å²) in [6, 6.07) is 0. The molecular formula is C11H19Cl2NO2. The largest absolute Gasteiger partial charge is 0.388 e. The molecule has 0 aliphatic heterocycles. The Morgan fingerprint density at radius 1 is 1.44 bits per heavy atom. The number of hydrogen-bond donors (Lipinski definition) is 2. The fourth-order valence-corrected chi connectivity index (χ4v) is 2.29. The highest BCUT2D eigenvalue weighted by Gasteiger charge is 2.67. The normalized spacial score (nSPS) is 27.6. The Kier molecular flexibility index (Phi) is 3.83. The van der Waals surface area contributed by atoms with Crippen LogP contribution in [0.25, 0.3) is 0 Å². The first-order chi connectivity index (χ1) is 7.21. The molecule has 0 radical (unpaired) electrons. The Balaban J connectivity index is 2.49. The van der Waals surface area contributed by atoms with Crippen LogP contribution in [-0.2, 0) is 4.79 Å². The third-order valence-corrected chi connectivity index (χ3v) is 4.75. The van der Waals surface area contributed by atoms with Crippen molar-refractivity contribution in [1.82, 2.24) is 5.32 Å². The third-order valence-electron chi connectivity index (χ3n) is 3.65. The number of carbonyl (C=O) groups excluding carboxylic acids is 1. The maximum atomic E-state index is 11.8. The van der Waals surface area contributed by atoms with Gasteiger partial charge in [-0.25, -0.2) is 0 Å². The van der Waals surface area contributed by atoms with Crippen molar-refractivity contribution in [2.45, 2.75) is 50.0 Å². The summed E-state index contributed by atoms with van der Waals surface area (Å²) in [4.78, 5) is 11.8. The van der Waals surface area contributed by atoms with Gasteiger partial charge in [-0.2, -0.15) is 0 Å². The summed E-state index contributed by atoms with van der Waals surface area (Å²) in [5.41, 5.74) is -1.54. The molecular weight excluding hydrogens is 249 g/mol. The molecule has 5 heteroatoms. The molecule has 1 fully saturated rings. The van der Waals surface area contributed by atoms with E-state index in [1.807, 2.05) is 13.8 Å². The molecule has 3 nitrogen and oxygen atoms in total. The van der Waals surface area contributed by atoms with Crippen LogP contribution in [0.15, 0.2) is 0 Å². The molecule has 0 spiro atoms. The molecule has 0 heterocycles. The summed E-state index contributed by atoms with van der Waals surface area (Å²) in [5, 5.41) is 12.7. The lowest BCUT2D eigenvalue weighted by molar-refractivity contribution is -0.127. The minimum Gasteiger partial charge on any atom is -0.388 e. The van der Waals surface area contributed by atoms with Gasteiger partial charge in [0.05, 0.1) is 11.0 Å². The standard InChI is InChI=1S/C11H19Cl2NO2/c1-4-10(16,5-2)7-14-8(15)9(3)6-11(9,12)13/h16H,4-7H2,1-3H3,(H,14,15). The van der Waals surface area contributed by atoms with E-state index in [-0.39, 0.29) is 12.5 Å². The van der Waals surface area contributed by atoms with Crippen molar-refractivity contribution in [3.63, 3.8) is 0 Å². The van der Waals surface area contributed by atoms with Crippen LogP contribution in [0, 0.1) is 5.41 Å². The molecule has 0 aromatic rings. The molecule has 1 aliphatic carbocycles. The van der Waals surface area contributed by atoms with Gasteiger partial charge < -0.3 is 10.4 Å². The zero-order valence-electron chi connectivity index (χ0n) is 9.94. The minimum atomic E-state index is -0.951. The predicted octanol–water partition coefficient (Wildman–Crippen LogP) is 2.24. The van der Waals surface area contributed by atoms with Crippen LogP contribution in [0.5, 0.6) is 0 Å². The van der Waals surface area contributed by atoms with E-state index in [9.17, 15) is 9.90 Å². The lowest BCUT2D eigenvalue weighted by atomic mass is 9.97. The van der Waals surface area contributed by atoms with E-state index < -0.39 is 15.3 Å². The highest BCUT2D eigenvalue weighted by Crippen LogP contribution is 2.63. The summed E-state index contributed by atoms with van der Waals surface area (Å²) >= 11 is 11.8. The van der Waals surface area contributed by atoms with Crippen LogP contribution in [0.4, 0.5) is 0 Å². The summed E-state index contributed by atoms with van der Waals surface area (Å²) in [5.74, 6) is -0.183. The Morgan fingerprint density at radius 3 is 2.19 bits per heavy atom. The second-order valence-electron chi connectivity index (χ2n) is 4.83. The van der Waals surface area contributed by atoms with Crippen molar-refractivity contribution < 1.29 is 9.90 Å². The fourth-order valence-electron chi connectivity index (χ4n) is 1.59.